The van der Waals surface area contributed by atoms with Gasteiger partial charge in [0.2, 0.25) is 5.91 Å². The number of aliphatic hydroxyl groups is 1. The van der Waals surface area contributed by atoms with Crippen molar-refractivity contribution in [3.8, 4) is 0 Å². The summed E-state index contributed by atoms with van der Waals surface area (Å²) in [5.74, 6) is -0.302. The van der Waals surface area contributed by atoms with Gasteiger partial charge in [-0.15, -0.1) is 5.10 Å². The van der Waals surface area contributed by atoms with Gasteiger partial charge in [0, 0.05) is 25.1 Å². The molecule has 1 saturated heterocycles. The number of hydrogen-bond donors (Lipinski definition) is 1. The van der Waals surface area contributed by atoms with Gasteiger partial charge in [-0.05, 0) is 18.8 Å². The minimum atomic E-state index is -0.745. The van der Waals surface area contributed by atoms with E-state index in [0.29, 0.717) is 5.92 Å². The molecule has 1 aliphatic heterocycles. The molecule has 2 fully saturated rings. The van der Waals surface area contributed by atoms with Gasteiger partial charge in [0.25, 0.3) is 0 Å². The minimum Gasteiger partial charge on any atom is -0.467 e. The van der Waals surface area contributed by atoms with Crippen LogP contribution < -0.4 is 0 Å². The lowest BCUT2D eigenvalue weighted by atomic mass is 10.0. The zero-order chi connectivity index (χ0) is 17.4. The fourth-order valence-corrected chi connectivity index (χ4v) is 3.28. The molecular formula is C16H24N4O4. The summed E-state index contributed by atoms with van der Waals surface area (Å²) >= 11 is 0. The fourth-order valence-electron chi connectivity index (χ4n) is 3.28. The van der Waals surface area contributed by atoms with Gasteiger partial charge < -0.3 is 14.7 Å². The van der Waals surface area contributed by atoms with Crippen LogP contribution in [0.4, 0.5) is 0 Å². The average molecular weight is 336 g/mol. The molecular weight excluding hydrogens is 312 g/mol. The van der Waals surface area contributed by atoms with E-state index in [1.54, 1.807) is 4.68 Å². The first-order valence-electron chi connectivity index (χ1n) is 8.40. The number of carbonyl (C=O) groups excluding carboxylic acids is 2. The number of amides is 1. The number of methoxy groups -OCH3 is 1. The van der Waals surface area contributed by atoms with Crippen molar-refractivity contribution in [2.24, 2.45) is 5.92 Å². The molecule has 1 N–H and O–H groups in total. The van der Waals surface area contributed by atoms with Crippen LogP contribution in [0.15, 0.2) is 6.20 Å². The summed E-state index contributed by atoms with van der Waals surface area (Å²) in [7, 11) is 1.29. The Hall–Kier alpha value is -1.96. The molecule has 1 aliphatic carbocycles. The molecule has 132 valence electrons. The van der Waals surface area contributed by atoms with Crippen molar-refractivity contribution in [2.45, 2.75) is 57.2 Å². The van der Waals surface area contributed by atoms with Gasteiger partial charge in [0.15, 0.2) is 0 Å². The van der Waals surface area contributed by atoms with Crippen LogP contribution in [0.5, 0.6) is 0 Å². The first kappa shape index (κ1) is 16.9. The van der Waals surface area contributed by atoms with E-state index < -0.39 is 24.2 Å². The Balaban J connectivity index is 1.84. The Morgan fingerprint density at radius 3 is 2.67 bits per heavy atom. The predicted molar refractivity (Wildman–Crippen MR) is 84.0 cm³/mol. The highest BCUT2D eigenvalue weighted by molar-refractivity contribution is 5.87. The third kappa shape index (κ3) is 3.15. The van der Waals surface area contributed by atoms with Gasteiger partial charge in [0.05, 0.1) is 18.9 Å². The molecule has 8 heteroatoms. The molecule has 0 bridgehead atoms. The standard InChI is InChI=1S/C16H24N4O4/c1-9(2)14(20-8-12(17-18-20)10-4-5-10)15(22)19-7-11(21)6-13(19)16(23)24-3/h8-11,13-14,21H,4-7H2,1-3H3/t11?,13-,14?/m1/s1. The van der Waals surface area contributed by atoms with E-state index in [0.717, 1.165) is 18.5 Å². The first-order valence-corrected chi connectivity index (χ1v) is 8.40. The van der Waals surface area contributed by atoms with Crippen LogP contribution in [0, 0.1) is 5.92 Å². The molecule has 3 atom stereocenters. The number of likely N-dealkylation sites (tertiary alicyclic amines) is 1. The van der Waals surface area contributed by atoms with Crippen molar-refractivity contribution in [1.82, 2.24) is 19.9 Å². The molecule has 0 aromatic carbocycles. The van der Waals surface area contributed by atoms with Crippen molar-refractivity contribution in [3.63, 3.8) is 0 Å². The zero-order valence-electron chi connectivity index (χ0n) is 14.3. The summed E-state index contributed by atoms with van der Waals surface area (Å²) in [6.07, 6.45) is 3.54. The molecule has 24 heavy (non-hydrogen) atoms. The number of carbonyl (C=O) groups is 2. The molecule has 8 nitrogen and oxygen atoms in total. The summed E-state index contributed by atoms with van der Waals surface area (Å²) in [4.78, 5) is 26.4. The molecule has 0 spiro atoms. The summed E-state index contributed by atoms with van der Waals surface area (Å²) in [6, 6.07) is -1.30. The highest BCUT2D eigenvalue weighted by Gasteiger charge is 2.43. The molecule has 1 amide bonds. The van der Waals surface area contributed by atoms with Gasteiger partial charge in [0.1, 0.15) is 12.1 Å². The molecule has 1 aromatic rings. The molecule has 1 saturated carbocycles. The van der Waals surface area contributed by atoms with Crippen LogP contribution in [0.2, 0.25) is 0 Å². The fraction of sp³-hybridized carbons (Fsp3) is 0.750. The monoisotopic (exact) mass is 336 g/mol. The van der Waals surface area contributed by atoms with Gasteiger partial charge in [-0.1, -0.05) is 19.1 Å². The summed E-state index contributed by atoms with van der Waals surface area (Å²) in [5.41, 5.74) is 0.916. The second kappa shape index (κ2) is 6.51. The number of esters is 1. The number of aromatic nitrogens is 3. The Labute approximate surface area is 140 Å². The van der Waals surface area contributed by atoms with Crippen LogP contribution in [-0.2, 0) is 14.3 Å². The quantitative estimate of drug-likeness (QED) is 0.786. The lowest BCUT2D eigenvalue weighted by Crippen LogP contribution is -2.46. The second-order valence-electron chi connectivity index (χ2n) is 7.01. The SMILES string of the molecule is COC(=O)[C@H]1CC(O)CN1C(=O)C(C(C)C)n1cc(C2CC2)nn1. The van der Waals surface area contributed by atoms with Crippen LogP contribution in [-0.4, -0.2) is 62.7 Å². The number of rotatable bonds is 5. The zero-order valence-corrected chi connectivity index (χ0v) is 14.3. The lowest BCUT2D eigenvalue weighted by Gasteiger charge is -2.29. The third-order valence-electron chi connectivity index (χ3n) is 4.73. The molecule has 2 unspecified atom stereocenters. The van der Waals surface area contributed by atoms with Crippen LogP contribution >= 0.6 is 0 Å². The summed E-state index contributed by atoms with van der Waals surface area (Å²) in [5, 5.41) is 18.2. The van der Waals surface area contributed by atoms with Gasteiger partial charge in [-0.2, -0.15) is 0 Å². The maximum atomic E-state index is 13.1. The molecule has 2 heterocycles. The Morgan fingerprint density at radius 1 is 1.38 bits per heavy atom. The lowest BCUT2D eigenvalue weighted by molar-refractivity contribution is -0.152. The van der Waals surface area contributed by atoms with Crippen molar-refractivity contribution >= 4 is 11.9 Å². The number of β-amino-alcohol motifs (C(OH)–C–C–N with tert-alkyl or cyclic N) is 1. The summed E-state index contributed by atoms with van der Waals surface area (Å²) < 4.78 is 6.37. The van der Waals surface area contributed by atoms with Crippen LogP contribution in [0.25, 0.3) is 0 Å². The molecule has 1 aromatic heterocycles. The average Bonchev–Trinajstić information content (AvgIpc) is 3.15. The van der Waals surface area contributed by atoms with Crippen molar-refractivity contribution in [1.29, 1.82) is 0 Å². The van der Waals surface area contributed by atoms with E-state index in [2.05, 4.69) is 10.3 Å². The van der Waals surface area contributed by atoms with Crippen LogP contribution in [0.1, 0.15) is 50.8 Å². The Bertz CT molecular complexity index is 625. The van der Waals surface area contributed by atoms with E-state index in [1.807, 2.05) is 20.0 Å². The Kier molecular flexibility index (Phi) is 4.58. The van der Waals surface area contributed by atoms with E-state index in [1.165, 1.54) is 12.0 Å². The number of aliphatic hydroxyl groups excluding tert-OH is 1. The number of nitrogens with zero attached hydrogens (tertiary/aromatic N) is 4. The minimum absolute atomic E-state index is 0.0257. The van der Waals surface area contributed by atoms with Crippen LogP contribution in [0.3, 0.4) is 0 Å². The Morgan fingerprint density at radius 2 is 2.08 bits per heavy atom. The maximum Gasteiger partial charge on any atom is 0.328 e. The smallest absolute Gasteiger partial charge is 0.328 e. The highest BCUT2D eigenvalue weighted by atomic mass is 16.5. The predicted octanol–water partition coefficient (Wildman–Crippen LogP) is 0.487. The largest absolute Gasteiger partial charge is 0.467 e. The van der Waals surface area contributed by atoms with E-state index in [4.69, 9.17) is 4.74 Å². The third-order valence-corrected chi connectivity index (χ3v) is 4.73. The first-order chi connectivity index (χ1) is 11.4. The highest BCUT2D eigenvalue weighted by Crippen LogP contribution is 2.39. The number of ether oxygens (including phenoxy) is 1. The van der Waals surface area contributed by atoms with E-state index in [-0.39, 0.29) is 24.8 Å². The normalized spacial score (nSPS) is 25.1. The van der Waals surface area contributed by atoms with Crippen molar-refractivity contribution in [3.05, 3.63) is 11.9 Å². The topological polar surface area (TPSA) is 97.6 Å². The molecule has 3 rings (SSSR count). The second-order valence-corrected chi connectivity index (χ2v) is 7.01. The van der Waals surface area contributed by atoms with Crippen molar-refractivity contribution in [2.75, 3.05) is 13.7 Å². The van der Waals surface area contributed by atoms with Gasteiger partial charge in [-0.25, -0.2) is 9.48 Å². The van der Waals surface area contributed by atoms with E-state index in [9.17, 15) is 14.7 Å². The summed E-state index contributed by atoms with van der Waals surface area (Å²) in [6.45, 7) is 3.99. The number of hydrogen-bond acceptors (Lipinski definition) is 6. The van der Waals surface area contributed by atoms with E-state index >= 15 is 0 Å². The van der Waals surface area contributed by atoms with Crippen molar-refractivity contribution < 1.29 is 19.4 Å². The van der Waals surface area contributed by atoms with Gasteiger partial charge in [-0.3, -0.25) is 4.79 Å². The maximum absolute atomic E-state index is 13.1. The molecule has 0 radical (unpaired) electrons. The molecule has 2 aliphatic rings. The van der Waals surface area contributed by atoms with Gasteiger partial charge >= 0.3 is 5.97 Å².